The maximum absolute atomic E-state index is 5.88. The van der Waals surface area contributed by atoms with Crippen molar-refractivity contribution >= 4 is 18.9 Å². The first kappa shape index (κ1) is 9.27. The molecule has 0 aliphatic carbocycles. The first-order chi connectivity index (χ1) is 6.38. The molecule has 1 fully saturated rings. The van der Waals surface area contributed by atoms with E-state index in [9.17, 15) is 0 Å². The predicted molar refractivity (Wildman–Crippen MR) is 56.6 cm³/mol. The Morgan fingerprint density at radius 3 is 2.77 bits per heavy atom. The highest BCUT2D eigenvalue weighted by atomic mass is 27.2. The van der Waals surface area contributed by atoms with E-state index in [0.717, 1.165) is 6.61 Å². The van der Waals surface area contributed by atoms with Gasteiger partial charge >= 0.3 is 14.5 Å². The fourth-order valence-electron chi connectivity index (χ4n) is 1.93. The zero-order chi connectivity index (χ0) is 9.10. The lowest BCUT2D eigenvalue weighted by Gasteiger charge is -2.19. The largest absolute Gasteiger partial charge is 0.502 e. The van der Waals surface area contributed by atoms with Gasteiger partial charge < -0.3 is 3.79 Å². The number of rotatable bonds is 1. The van der Waals surface area contributed by atoms with Crippen molar-refractivity contribution in [2.45, 2.75) is 25.0 Å². The highest BCUT2D eigenvalue weighted by Gasteiger charge is 2.26. The summed E-state index contributed by atoms with van der Waals surface area (Å²) in [6, 6.07) is 8.68. The van der Waals surface area contributed by atoms with Crippen molar-refractivity contribution < 1.29 is 3.79 Å². The number of hydrogen-bond acceptors (Lipinski definition) is 1. The lowest BCUT2D eigenvalue weighted by atomic mass is 10.2. The number of hydrogen-bond donors (Lipinski definition) is 0. The SMILES string of the molecule is Cc1cccc[c]1[Al]1[CH2]CCC[O]1. The molecule has 0 saturated carbocycles. The van der Waals surface area contributed by atoms with Crippen molar-refractivity contribution in [2.24, 2.45) is 0 Å². The van der Waals surface area contributed by atoms with Crippen LogP contribution in [0.3, 0.4) is 0 Å². The fraction of sp³-hybridized carbons (Fsp3) is 0.455. The lowest BCUT2D eigenvalue weighted by Crippen LogP contribution is -2.37. The fourth-order valence-corrected chi connectivity index (χ4v) is 4.63. The first-order valence-electron chi connectivity index (χ1n) is 5.05. The molecule has 2 heteroatoms. The molecular weight excluding hydrogens is 175 g/mol. The smallest absolute Gasteiger partial charge is 0.497 e. The van der Waals surface area contributed by atoms with Gasteiger partial charge in [0.2, 0.25) is 0 Å². The minimum absolute atomic E-state index is 0.991. The molecule has 0 aromatic heterocycles. The van der Waals surface area contributed by atoms with E-state index in [1.807, 2.05) is 0 Å². The normalized spacial score (nSPS) is 17.5. The molecule has 1 saturated heterocycles. The Hall–Kier alpha value is -0.288. The van der Waals surface area contributed by atoms with Crippen LogP contribution in [0.4, 0.5) is 0 Å². The van der Waals surface area contributed by atoms with E-state index < -0.39 is 14.5 Å². The van der Waals surface area contributed by atoms with Crippen LogP contribution < -0.4 is 4.43 Å². The summed E-state index contributed by atoms with van der Waals surface area (Å²) in [5.41, 5.74) is 1.42. The van der Waals surface area contributed by atoms with E-state index in [1.165, 1.54) is 28.1 Å². The molecule has 1 heterocycles. The van der Waals surface area contributed by atoms with Gasteiger partial charge in [0.15, 0.2) is 0 Å². The molecule has 13 heavy (non-hydrogen) atoms. The first-order valence-corrected chi connectivity index (χ1v) is 6.91. The molecule has 2 rings (SSSR count). The van der Waals surface area contributed by atoms with Gasteiger partial charge in [-0.15, -0.1) is 0 Å². The van der Waals surface area contributed by atoms with Crippen molar-refractivity contribution in [3.8, 4) is 0 Å². The zero-order valence-corrected chi connectivity index (χ0v) is 9.28. The second-order valence-electron chi connectivity index (χ2n) is 3.71. The van der Waals surface area contributed by atoms with Crippen LogP contribution in [-0.4, -0.2) is 21.1 Å². The highest BCUT2D eigenvalue weighted by Crippen LogP contribution is 2.12. The van der Waals surface area contributed by atoms with Gasteiger partial charge in [-0.05, 0) is 13.3 Å². The van der Waals surface area contributed by atoms with Crippen LogP contribution in [0.25, 0.3) is 0 Å². The molecule has 0 amide bonds. The third kappa shape index (κ3) is 2.14. The van der Waals surface area contributed by atoms with Gasteiger partial charge in [0.05, 0.1) is 0 Å². The third-order valence-electron chi connectivity index (χ3n) is 2.72. The Morgan fingerprint density at radius 2 is 2.08 bits per heavy atom. The summed E-state index contributed by atoms with van der Waals surface area (Å²) >= 11 is -1.02. The summed E-state index contributed by atoms with van der Waals surface area (Å²) in [6.07, 6.45) is 2.63. The molecule has 0 radical (unpaired) electrons. The molecule has 0 atom stereocenters. The monoisotopic (exact) mass is 190 g/mol. The third-order valence-corrected chi connectivity index (χ3v) is 5.63. The van der Waals surface area contributed by atoms with Crippen molar-refractivity contribution in [3.63, 3.8) is 0 Å². The second kappa shape index (κ2) is 4.28. The Kier molecular flexibility index (Phi) is 3.06. The Morgan fingerprint density at radius 1 is 1.23 bits per heavy atom. The Bertz CT molecular complexity index is 279. The summed E-state index contributed by atoms with van der Waals surface area (Å²) in [5.74, 6) is 0. The van der Waals surface area contributed by atoms with Gasteiger partial charge in [-0.3, -0.25) is 0 Å². The van der Waals surface area contributed by atoms with E-state index in [2.05, 4.69) is 31.2 Å². The molecule has 1 aliphatic rings. The van der Waals surface area contributed by atoms with Gasteiger partial charge in [0, 0.05) is 6.61 Å². The molecule has 1 nitrogen and oxygen atoms in total. The molecule has 1 aliphatic heterocycles. The van der Waals surface area contributed by atoms with E-state index >= 15 is 0 Å². The van der Waals surface area contributed by atoms with Crippen LogP contribution in [0.15, 0.2) is 24.3 Å². The Balaban J connectivity index is 2.18. The van der Waals surface area contributed by atoms with Crippen LogP contribution in [0.1, 0.15) is 18.4 Å². The minimum Gasteiger partial charge on any atom is -0.497 e. The quantitative estimate of drug-likeness (QED) is 0.615. The second-order valence-corrected chi connectivity index (χ2v) is 6.22. The van der Waals surface area contributed by atoms with Crippen molar-refractivity contribution in [2.75, 3.05) is 6.61 Å². The van der Waals surface area contributed by atoms with Crippen molar-refractivity contribution in [3.05, 3.63) is 29.8 Å². The molecular formula is C11H15AlO. The molecule has 68 valence electrons. The summed E-state index contributed by atoms with van der Waals surface area (Å²) < 4.78 is 7.40. The van der Waals surface area contributed by atoms with E-state index in [4.69, 9.17) is 3.79 Å². The van der Waals surface area contributed by atoms with Crippen LogP contribution in [0, 0.1) is 6.92 Å². The predicted octanol–water partition coefficient (Wildman–Crippen LogP) is 2.00. The number of benzene rings is 1. The standard InChI is InChI=1S/C7H7.C4H8O.Al/c1-7-5-3-2-4-6-7;1-2-3-4-5;/h2-5H,1H3;1-4H2;/q;-1;+1. The molecule has 1 aromatic rings. The van der Waals surface area contributed by atoms with Gasteiger partial charge in [-0.25, -0.2) is 0 Å². The molecule has 0 unspecified atom stereocenters. The van der Waals surface area contributed by atoms with Gasteiger partial charge in [-0.2, -0.15) is 0 Å². The van der Waals surface area contributed by atoms with E-state index in [-0.39, 0.29) is 0 Å². The van der Waals surface area contributed by atoms with Crippen LogP contribution in [0.2, 0.25) is 5.28 Å². The summed E-state index contributed by atoms with van der Waals surface area (Å²) in [6.45, 7) is 3.19. The average Bonchev–Trinajstić information content (AvgIpc) is 2.20. The lowest BCUT2D eigenvalue weighted by molar-refractivity contribution is 0.294. The van der Waals surface area contributed by atoms with E-state index in [0.29, 0.717) is 0 Å². The van der Waals surface area contributed by atoms with Crippen LogP contribution in [-0.2, 0) is 3.79 Å². The van der Waals surface area contributed by atoms with Gasteiger partial charge in [0.25, 0.3) is 0 Å². The maximum atomic E-state index is 5.88. The number of aryl methyl sites for hydroxylation is 1. The van der Waals surface area contributed by atoms with E-state index in [1.54, 1.807) is 0 Å². The van der Waals surface area contributed by atoms with Crippen LogP contribution >= 0.6 is 0 Å². The summed E-state index contributed by atoms with van der Waals surface area (Å²) in [5, 5.41) is 1.32. The molecule has 0 N–H and O–H groups in total. The topological polar surface area (TPSA) is 9.23 Å². The highest BCUT2D eigenvalue weighted by molar-refractivity contribution is 6.68. The van der Waals surface area contributed by atoms with Crippen molar-refractivity contribution in [1.29, 1.82) is 0 Å². The average molecular weight is 190 g/mol. The zero-order valence-electron chi connectivity index (χ0n) is 8.12. The summed E-state index contributed by atoms with van der Waals surface area (Å²) in [7, 11) is 0. The van der Waals surface area contributed by atoms with Gasteiger partial charge in [0.1, 0.15) is 0 Å². The Labute approximate surface area is 84.5 Å². The molecule has 0 bridgehead atoms. The van der Waals surface area contributed by atoms with Crippen molar-refractivity contribution in [1.82, 2.24) is 0 Å². The molecule has 0 spiro atoms. The van der Waals surface area contributed by atoms with Gasteiger partial charge in [-0.1, -0.05) is 46.0 Å². The van der Waals surface area contributed by atoms with Crippen LogP contribution in [0.5, 0.6) is 0 Å². The minimum atomic E-state index is -1.02. The summed E-state index contributed by atoms with van der Waals surface area (Å²) in [4.78, 5) is 0. The maximum Gasteiger partial charge on any atom is 0.502 e. The molecule has 1 aromatic carbocycles.